The average molecular weight is 452 g/mol. The van der Waals surface area contributed by atoms with E-state index in [0.717, 1.165) is 32.6 Å². The average Bonchev–Trinajstić information content (AvgIpc) is 3.23. The van der Waals surface area contributed by atoms with E-state index in [-0.39, 0.29) is 17.7 Å². The number of nitrogens with zero attached hydrogens (tertiary/aromatic N) is 2. The molecule has 1 fully saturated rings. The topological polar surface area (TPSA) is 62.3 Å². The number of likely N-dealkylation sites (tertiary alicyclic amines) is 1. The Bertz CT molecular complexity index is 1040. The third-order valence-electron chi connectivity index (χ3n) is 5.35. The second-order valence-electron chi connectivity index (χ2n) is 7.56. The van der Waals surface area contributed by atoms with Crippen LogP contribution in [0.25, 0.3) is 0 Å². The number of hydrogen-bond donors (Lipinski definition) is 1. The maximum Gasteiger partial charge on any atom is 0.254 e. The van der Waals surface area contributed by atoms with Crippen LogP contribution in [0.2, 0.25) is 0 Å². The van der Waals surface area contributed by atoms with Crippen LogP contribution in [0, 0.1) is 12.8 Å². The summed E-state index contributed by atoms with van der Waals surface area (Å²) in [5, 5.41) is 6.10. The number of piperidine rings is 1. The molecule has 1 N–H and O–H groups in total. The van der Waals surface area contributed by atoms with E-state index in [2.05, 4.69) is 15.7 Å². The van der Waals surface area contributed by atoms with Gasteiger partial charge in [0.2, 0.25) is 5.91 Å². The molecule has 31 heavy (non-hydrogen) atoms. The van der Waals surface area contributed by atoms with Crippen molar-refractivity contribution in [1.29, 1.82) is 0 Å². The highest BCUT2D eigenvalue weighted by atomic mass is 32.2. The molecule has 2 heterocycles. The number of carbonyl (C=O) groups is 2. The molecule has 0 saturated carbocycles. The van der Waals surface area contributed by atoms with Gasteiger partial charge < -0.3 is 10.2 Å². The number of anilines is 1. The van der Waals surface area contributed by atoms with Crippen molar-refractivity contribution in [3.8, 4) is 0 Å². The molecule has 2 amide bonds. The summed E-state index contributed by atoms with van der Waals surface area (Å²) in [6, 6.07) is 17.3. The largest absolute Gasteiger partial charge is 0.339 e. The molecule has 1 saturated heterocycles. The zero-order valence-electron chi connectivity index (χ0n) is 17.4. The van der Waals surface area contributed by atoms with Crippen LogP contribution >= 0.6 is 23.1 Å². The van der Waals surface area contributed by atoms with Gasteiger partial charge in [0.25, 0.3) is 5.91 Å². The molecular formula is C24H25N3O2S2. The van der Waals surface area contributed by atoms with Crippen LogP contribution < -0.4 is 5.32 Å². The molecule has 0 bridgehead atoms. The number of rotatable bonds is 6. The molecule has 160 valence electrons. The summed E-state index contributed by atoms with van der Waals surface area (Å²) in [7, 11) is 0. The molecule has 0 atom stereocenters. The van der Waals surface area contributed by atoms with Gasteiger partial charge in [0.1, 0.15) is 0 Å². The number of thiazole rings is 1. The van der Waals surface area contributed by atoms with E-state index in [0.29, 0.717) is 25.9 Å². The van der Waals surface area contributed by atoms with Crippen LogP contribution in [0.5, 0.6) is 0 Å². The standard InChI is InChI=1S/C24H25N3O2S2/c1-17-25-20(15-30-17)16-31-22-10-6-5-9-21(22)24(29)27-13-11-18(12-14-27)23(28)26-19-7-3-2-4-8-19/h2-10,15,18H,11-14,16H2,1H3,(H,26,28). The minimum atomic E-state index is -0.0678. The quantitative estimate of drug-likeness (QED) is 0.521. The summed E-state index contributed by atoms with van der Waals surface area (Å²) in [6.07, 6.45) is 1.36. The van der Waals surface area contributed by atoms with Gasteiger partial charge in [-0.1, -0.05) is 30.3 Å². The van der Waals surface area contributed by atoms with Crippen molar-refractivity contribution in [3.05, 3.63) is 76.2 Å². The maximum atomic E-state index is 13.2. The number of carbonyl (C=O) groups excluding carboxylic acids is 2. The smallest absolute Gasteiger partial charge is 0.254 e. The van der Waals surface area contributed by atoms with Crippen molar-refractivity contribution >= 4 is 40.6 Å². The van der Waals surface area contributed by atoms with Gasteiger partial charge in [0, 0.05) is 40.7 Å². The van der Waals surface area contributed by atoms with E-state index in [4.69, 9.17) is 0 Å². The fourth-order valence-electron chi connectivity index (χ4n) is 3.68. The van der Waals surface area contributed by atoms with Crippen molar-refractivity contribution in [2.75, 3.05) is 18.4 Å². The van der Waals surface area contributed by atoms with Gasteiger partial charge in [-0.05, 0) is 44.0 Å². The van der Waals surface area contributed by atoms with Gasteiger partial charge in [0.15, 0.2) is 0 Å². The number of aromatic nitrogens is 1. The van der Waals surface area contributed by atoms with Gasteiger partial charge >= 0.3 is 0 Å². The van der Waals surface area contributed by atoms with E-state index in [1.165, 1.54) is 0 Å². The Morgan fingerprint density at radius 2 is 1.81 bits per heavy atom. The van der Waals surface area contributed by atoms with E-state index in [9.17, 15) is 9.59 Å². The Hall–Kier alpha value is -2.64. The van der Waals surface area contributed by atoms with Crippen LogP contribution in [0.1, 0.15) is 33.9 Å². The first-order valence-corrected chi connectivity index (χ1v) is 12.2. The van der Waals surface area contributed by atoms with Crippen LogP contribution in [0.3, 0.4) is 0 Å². The molecular weight excluding hydrogens is 426 g/mol. The van der Waals surface area contributed by atoms with E-state index in [1.54, 1.807) is 23.1 Å². The predicted octanol–water partition coefficient (Wildman–Crippen LogP) is 5.23. The minimum Gasteiger partial charge on any atom is -0.339 e. The number of nitrogens with one attached hydrogen (secondary N) is 1. The lowest BCUT2D eigenvalue weighted by atomic mass is 9.95. The molecule has 0 spiro atoms. The maximum absolute atomic E-state index is 13.2. The zero-order chi connectivity index (χ0) is 21.6. The van der Waals surface area contributed by atoms with E-state index < -0.39 is 0 Å². The first-order valence-electron chi connectivity index (χ1n) is 10.4. The van der Waals surface area contributed by atoms with Crippen LogP contribution in [0.15, 0.2) is 64.9 Å². The normalized spacial score (nSPS) is 14.4. The third-order valence-corrected chi connectivity index (χ3v) is 7.28. The number of aryl methyl sites for hydroxylation is 1. The lowest BCUT2D eigenvalue weighted by molar-refractivity contribution is -0.121. The van der Waals surface area contributed by atoms with Crippen LogP contribution in [-0.4, -0.2) is 34.8 Å². The van der Waals surface area contributed by atoms with E-state index in [1.807, 2.05) is 66.4 Å². The summed E-state index contributed by atoms with van der Waals surface area (Å²) in [6.45, 7) is 3.19. The van der Waals surface area contributed by atoms with Crippen molar-refractivity contribution < 1.29 is 9.59 Å². The molecule has 7 heteroatoms. The summed E-state index contributed by atoms with van der Waals surface area (Å²) in [5.41, 5.74) is 2.58. The molecule has 2 aromatic carbocycles. The first kappa shape index (κ1) is 21.6. The summed E-state index contributed by atoms with van der Waals surface area (Å²) >= 11 is 3.29. The summed E-state index contributed by atoms with van der Waals surface area (Å²) < 4.78 is 0. The fourth-order valence-corrected chi connectivity index (χ4v) is 5.33. The Balaban J connectivity index is 1.35. The Morgan fingerprint density at radius 3 is 2.52 bits per heavy atom. The first-order chi connectivity index (χ1) is 15.1. The second-order valence-corrected chi connectivity index (χ2v) is 9.64. The highest BCUT2D eigenvalue weighted by Crippen LogP contribution is 2.29. The van der Waals surface area contributed by atoms with Gasteiger partial charge in [-0.15, -0.1) is 23.1 Å². The van der Waals surface area contributed by atoms with Gasteiger partial charge in [-0.25, -0.2) is 4.98 Å². The second kappa shape index (κ2) is 10.1. The molecule has 1 aliphatic rings. The Morgan fingerprint density at radius 1 is 1.10 bits per heavy atom. The highest BCUT2D eigenvalue weighted by molar-refractivity contribution is 7.98. The fraction of sp³-hybridized carbons (Fsp3) is 0.292. The Labute approximate surface area is 190 Å². The molecule has 0 unspecified atom stereocenters. The van der Waals surface area contributed by atoms with Crippen LogP contribution in [-0.2, 0) is 10.5 Å². The number of amides is 2. The van der Waals surface area contributed by atoms with Crippen molar-refractivity contribution in [3.63, 3.8) is 0 Å². The number of benzene rings is 2. The SMILES string of the molecule is Cc1nc(CSc2ccccc2C(=O)N2CCC(C(=O)Nc3ccccc3)CC2)cs1. The Kier molecular flexibility index (Phi) is 7.04. The van der Waals surface area contributed by atoms with E-state index >= 15 is 0 Å². The highest BCUT2D eigenvalue weighted by Gasteiger charge is 2.28. The lowest BCUT2D eigenvalue weighted by Gasteiger charge is -2.31. The van der Waals surface area contributed by atoms with Crippen molar-refractivity contribution in [2.45, 2.75) is 30.4 Å². The number of hydrogen-bond acceptors (Lipinski definition) is 5. The molecule has 1 aliphatic heterocycles. The van der Waals surface area contributed by atoms with Crippen LogP contribution in [0.4, 0.5) is 5.69 Å². The zero-order valence-corrected chi connectivity index (χ0v) is 19.0. The third kappa shape index (κ3) is 5.54. The summed E-state index contributed by atoms with van der Waals surface area (Å²) in [5.74, 6) is 0.755. The minimum absolute atomic E-state index is 0.0350. The molecule has 1 aromatic heterocycles. The van der Waals surface area contributed by atoms with Gasteiger partial charge in [0.05, 0.1) is 16.3 Å². The molecule has 3 aromatic rings. The molecule has 5 nitrogen and oxygen atoms in total. The number of para-hydroxylation sites is 1. The number of thioether (sulfide) groups is 1. The lowest BCUT2D eigenvalue weighted by Crippen LogP contribution is -2.41. The molecule has 0 aliphatic carbocycles. The summed E-state index contributed by atoms with van der Waals surface area (Å²) in [4.78, 5) is 33.1. The predicted molar refractivity (Wildman–Crippen MR) is 127 cm³/mol. The molecule has 4 rings (SSSR count). The molecule has 0 radical (unpaired) electrons. The monoisotopic (exact) mass is 451 g/mol. The van der Waals surface area contributed by atoms with Gasteiger partial charge in [-0.3, -0.25) is 9.59 Å². The van der Waals surface area contributed by atoms with Crippen molar-refractivity contribution in [2.24, 2.45) is 5.92 Å². The van der Waals surface area contributed by atoms with Gasteiger partial charge in [-0.2, -0.15) is 0 Å². The van der Waals surface area contributed by atoms with Crippen molar-refractivity contribution in [1.82, 2.24) is 9.88 Å².